The van der Waals surface area contributed by atoms with Crippen LogP contribution in [0.4, 0.5) is 5.69 Å². The highest BCUT2D eigenvalue weighted by molar-refractivity contribution is 5.54. The molecule has 1 rings (SSSR count). The largest absolute Gasteiger partial charge is 0.502 e. The molecule has 0 radical (unpaired) electrons. The van der Waals surface area contributed by atoms with E-state index < -0.39 is 4.92 Å². The van der Waals surface area contributed by atoms with E-state index >= 15 is 0 Å². The molecule has 0 fully saturated rings. The van der Waals surface area contributed by atoms with Crippen LogP contribution >= 0.6 is 0 Å². The summed E-state index contributed by atoms with van der Waals surface area (Å²) >= 11 is 0. The van der Waals surface area contributed by atoms with Crippen LogP contribution in [-0.4, -0.2) is 10.0 Å². The second kappa shape index (κ2) is 6.99. The van der Waals surface area contributed by atoms with Crippen molar-refractivity contribution in [2.75, 3.05) is 0 Å². The zero-order valence-corrected chi connectivity index (χ0v) is 11.1. The predicted octanol–water partition coefficient (Wildman–Crippen LogP) is 3.99. The molecule has 1 aromatic carbocycles. The molecule has 0 unspecified atom stereocenters. The van der Waals surface area contributed by atoms with Gasteiger partial charge in [0.15, 0.2) is 5.75 Å². The Morgan fingerprint density at radius 3 is 2.33 bits per heavy atom. The van der Waals surface area contributed by atoms with Crippen molar-refractivity contribution in [2.24, 2.45) is 0 Å². The maximum absolute atomic E-state index is 10.8. The van der Waals surface area contributed by atoms with Crippen molar-refractivity contribution in [3.8, 4) is 5.75 Å². The quantitative estimate of drug-likeness (QED) is 0.588. The van der Waals surface area contributed by atoms with Gasteiger partial charge in [-0.05, 0) is 31.2 Å². The van der Waals surface area contributed by atoms with Crippen molar-refractivity contribution in [3.05, 3.63) is 33.4 Å². The van der Waals surface area contributed by atoms with Gasteiger partial charge in [-0.1, -0.05) is 32.8 Å². The fourth-order valence-electron chi connectivity index (χ4n) is 2.05. The third-order valence-corrected chi connectivity index (χ3v) is 3.14. The minimum atomic E-state index is -0.519. The molecule has 0 aliphatic rings. The lowest BCUT2D eigenvalue weighted by molar-refractivity contribution is -0.385. The lowest BCUT2D eigenvalue weighted by atomic mass is 9.96. The lowest BCUT2D eigenvalue weighted by Gasteiger charge is -2.11. The summed E-state index contributed by atoms with van der Waals surface area (Å²) in [5.41, 5.74) is 1.63. The van der Waals surface area contributed by atoms with E-state index in [2.05, 4.69) is 13.8 Å². The molecule has 1 N–H and O–H groups in total. The van der Waals surface area contributed by atoms with Crippen molar-refractivity contribution < 1.29 is 10.0 Å². The summed E-state index contributed by atoms with van der Waals surface area (Å²) in [6.45, 7) is 4.18. The van der Waals surface area contributed by atoms with Gasteiger partial charge in [-0.15, -0.1) is 0 Å². The van der Waals surface area contributed by atoms with E-state index in [1.54, 1.807) is 6.07 Å². The summed E-state index contributed by atoms with van der Waals surface area (Å²) in [5, 5.41) is 20.8. The number of nitro benzene ring substituents is 1. The van der Waals surface area contributed by atoms with Crippen molar-refractivity contribution in [1.29, 1.82) is 0 Å². The Morgan fingerprint density at radius 2 is 1.78 bits per heavy atom. The predicted molar refractivity (Wildman–Crippen MR) is 72.0 cm³/mol. The number of nitrogens with zero attached hydrogens (tertiary/aromatic N) is 1. The molecule has 0 heterocycles. The summed E-state index contributed by atoms with van der Waals surface area (Å²) in [5.74, 6) is -0.137. The maximum Gasteiger partial charge on any atom is 0.311 e. The Hall–Kier alpha value is -1.58. The summed E-state index contributed by atoms with van der Waals surface area (Å²) in [4.78, 5) is 10.3. The third kappa shape index (κ3) is 3.45. The normalized spacial score (nSPS) is 10.6. The summed E-state index contributed by atoms with van der Waals surface area (Å²) in [6.07, 6.45) is 5.65. The second-order valence-corrected chi connectivity index (χ2v) is 4.54. The summed E-state index contributed by atoms with van der Waals surface area (Å²) < 4.78 is 0. The van der Waals surface area contributed by atoms with Gasteiger partial charge in [0.05, 0.1) is 4.92 Å². The first kappa shape index (κ1) is 14.5. The van der Waals surface area contributed by atoms with Gasteiger partial charge in [0.2, 0.25) is 0 Å². The third-order valence-electron chi connectivity index (χ3n) is 3.14. The van der Waals surface area contributed by atoms with Crippen LogP contribution in [0.5, 0.6) is 5.75 Å². The van der Waals surface area contributed by atoms with Crippen molar-refractivity contribution in [3.63, 3.8) is 0 Å². The Morgan fingerprint density at radius 1 is 1.17 bits per heavy atom. The average Bonchev–Trinajstić information content (AvgIpc) is 2.34. The van der Waals surface area contributed by atoms with Crippen LogP contribution in [-0.2, 0) is 12.8 Å². The van der Waals surface area contributed by atoms with Gasteiger partial charge in [0, 0.05) is 11.6 Å². The van der Waals surface area contributed by atoms with E-state index in [4.69, 9.17) is 0 Å². The van der Waals surface area contributed by atoms with E-state index in [0.29, 0.717) is 6.42 Å². The first-order valence-electron chi connectivity index (χ1n) is 6.59. The van der Waals surface area contributed by atoms with Gasteiger partial charge in [-0.2, -0.15) is 0 Å². The highest BCUT2D eigenvalue weighted by atomic mass is 16.6. The van der Waals surface area contributed by atoms with Gasteiger partial charge in [-0.25, -0.2) is 0 Å². The van der Waals surface area contributed by atoms with E-state index in [9.17, 15) is 15.2 Å². The smallest absolute Gasteiger partial charge is 0.311 e. The standard InChI is InChI=1S/C14H21NO3/c1-3-5-7-11-9-10-13(15(17)18)14(16)12(11)8-6-4-2/h9-10,16H,3-8H2,1-2H3. The molecule has 0 amide bonds. The molecule has 1 aromatic rings. The highest BCUT2D eigenvalue weighted by Crippen LogP contribution is 2.33. The summed E-state index contributed by atoms with van der Waals surface area (Å²) in [7, 11) is 0. The molecule has 0 aliphatic heterocycles. The van der Waals surface area contributed by atoms with Crippen molar-refractivity contribution in [1.82, 2.24) is 0 Å². The van der Waals surface area contributed by atoms with Crippen LogP contribution in [0.15, 0.2) is 12.1 Å². The van der Waals surface area contributed by atoms with Crippen LogP contribution in [0.1, 0.15) is 50.7 Å². The van der Waals surface area contributed by atoms with Crippen molar-refractivity contribution in [2.45, 2.75) is 52.4 Å². The first-order valence-corrected chi connectivity index (χ1v) is 6.59. The SMILES string of the molecule is CCCCc1ccc([N+](=O)[O-])c(O)c1CCCC. The molecule has 0 saturated carbocycles. The molecule has 100 valence electrons. The number of phenols is 1. The Bertz CT molecular complexity index is 416. The van der Waals surface area contributed by atoms with Crippen LogP contribution in [0, 0.1) is 10.1 Å². The first-order chi connectivity index (χ1) is 8.61. The number of aryl methyl sites for hydroxylation is 1. The van der Waals surface area contributed by atoms with Crippen LogP contribution in [0.3, 0.4) is 0 Å². The van der Waals surface area contributed by atoms with Gasteiger partial charge < -0.3 is 5.11 Å². The zero-order valence-electron chi connectivity index (χ0n) is 11.1. The molecule has 0 atom stereocenters. The Kier molecular flexibility index (Phi) is 5.62. The molecule has 4 nitrogen and oxygen atoms in total. The average molecular weight is 251 g/mol. The highest BCUT2D eigenvalue weighted by Gasteiger charge is 2.19. The van der Waals surface area contributed by atoms with E-state index in [1.807, 2.05) is 0 Å². The topological polar surface area (TPSA) is 63.4 Å². The fourth-order valence-corrected chi connectivity index (χ4v) is 2.05. The molecule has 0 bridgehead atoms. The molecule has 0 saturated heterocycles. The van der Waals surface area contributed by atoms with Gasteiger partial charge in [0.25, 0.3) is 0 Å². The molecule has 0 spiro atoms. The minimum Gasteiger partial charge on any atom is -0.502 e. The molecule has 0 aliphatic carbocycles. The van der Waals surface area contributed by atoms with E-state index in [0.717, 1.165) is 43.2 Å². The minimum absolute atomic E-state index is 0.137. The zero-order chi connectivity index (χ0) is 13.5. The molecule has 18 heavy (non-hydrogen) atoms. The number of nitro groups is 1. The van der Waals surface area contributed by atoms with E-state index in [-0.39, 0.29) is 11.4 Å². The van der Waals surface area contributed by atoms with E-state index in [1.165, 1.54) is 6.07 Å². The fraction of sp³-hybridized carbons (Fsp3) is 0.571. The number of hydrogen-bond acceptors (Lipinski definition) is 3. The number of hydrogen-bond donors (Lipinski definition) is 1. The maximum atomic E-state index is 10.8. The Labute approximate surface area is 108 Å². The number of unbranched alkanes of at least 4 members (excludes halogenated alkanes) is 2. The number of aromatic hydroxyl groups is 1. The number of phenolic OH excluding ortho intramolecular Hbond substituents is 1. The lowest BCUT2D eigenvalue weighted by Crippen LogP contribution is -1.99. The van der Waals surface area contributed by atoms with Crippen molar-refractivity contribution >= 4 is 5.69 Å². The van der Waals surface area contributed by atoms with Crippen LogP contribution in [0.2, 0.25) is 0 Å². The molecule has 0 aromatic heterocycles. The monoisotopic (exact) mass is 251 g/mol. The molecule has 4 heteroatoms. The van der Waals surface area contributed by atoms with Crippen LogP contribution in [0.25, 0.3) is 0 Å². The van der Waals surface area contributed by atoms with Gasteiger partial charge >= 0.3 is 5.69 Å². The number of rotatable bonds is 7. The van der Waals surface area contributed by atoms with Gasteiger partial charge in [-0.3, -0.25) is 10.1 Å². The summed E-state index contributed by atoms with van der Waals surface area (Å²) in [6, 6.07) is 3.20. The Balaban J connectivity index is 3.09. The molecular formula is C14H21NO3. The van der Waals surface area contributed by atoms with Crippen LogP contribution < -0.4 is 0 Å². The molecular weight excluding hydrogens is 230 g/mol. The number of benzene rings is 1. The second-order valence-electron chi connectivity index (χ2n) is 4.54. The van der Waals surface area contributed by atoms with Gasteiger partial charge in [0.1, 0.15) is 0 Å².